The first-order valence-electron chi connectivity index (χ1n) is 12.9. The minimum atomic E-state index is -3.78. The first-order valence-corrected chi connectivity index (χ1v) is 14.4. The third kappa shape index (κ3) is 6.23. The average molecular weight is 537 g/mol. The second-order valence-electron chi connectivity index (χ2n) is 10.5. The molecule has 3 rings (SSSR count). The summed E-state index contributed by atoms with van der Waals surface area (Å²) in [7, 11) is -3.78. The lowest BCUT2D eigenvalue weighted by Crippen LogP contribution is -2.47. The van der Waals surface area contributed by atoms with Gasteiger partial charge in [-0.3, -0.25) is 0 Å². The first kappa shape index (κ1) is 29.3. The summed E-state index contributed by atoms with van der Waals surface area (Å²) in [4.78, 5) is 5.09. The van der Waals surface area contributed by atoms with E-state index in [4.69, 9.17) is 4.84 Å². The zero-order valence-electron chi connectivity index (χ0n) is 23.0. The highest BCUT2D eigenvalue weighted by molar-refractivity contribution is 7.90. The van der Waals surface area contributed by atoms with Crippen molar-refractivity contribution < 1.29 is 22.8 Å². The number of aliphatic hydroxyl groups is 1. The Morgan fingerprint density at radius 2 is 2.08 bits per heavy atom. The summed E-state index contributed by atoms with van der Waals surface area (Å²) in [6.45, 7) is 12.9. The Kier molecular flexibility index (Phi) is 9.18. The summed E-state index contributed by atoms with van der Waals surface area (Å²) in [5, 5.41) is 17.8. The molecule has 0 radical (unpaired) electrons. The first-order chi connectivity index (χ1) is 17.3. The quantitative estimate of drug-likeness (QED) is 0.249. The van der Waals surface area contributed by atoms with Crippen LogP contribution in [0, 0.1) is 11.3 Å². The van der Waals surface area contributed by atoms with Crippen LogP contribution < -0.4 is 0 Å². The van der Waals surface area contributed by atoms with Crippen molar-refractivity contribution >= 4 is 27.5 Å². The Labute approximate surface area is 220 Å². The monoisotopic (exact) mass is 536 g/mol. The second-order valence-corrected chi connectivity index (χ2v) is 12.8. The number of aromatic nitrogens is 2. The van der Waals surface area contributed by atoms with Crippen molar-refractivity contribution in [3.05, 3.63) is 41.0 Å². The van der Waals surface area contributed by atoms with E-state index in [1.54, 1.807) is 33.8 Å². The highest BCUT2D eigenvalue weighted by Gasteiger charge is 2.47. The number of hydrogen-bond donors (Lipinski definition) is 1. The van der Waals surface area contributed by atoms with E-state index in [9.17, 15) is 17.9 Å². The molecule has 0 saturated heterocycles. The fraction of sp³-hybridized carbons (Fsp3) is 0.630. The van der Waals surface area contributed by atoms with Gasteiger partial charge in [0.05, 0.1) is 29.5 Å². The van der Waals surface area contributed by atoms with Crippen LogP contribution in [0.15, 0.2) is 34.9 Å². The van der Waals surface area contributed by atoms with Crippen molar-refractivity contribution in [2.45, 2.75) is 79.1 Å². The van der Waals surface area contributed by atoms with Crippen molar-refractivity contribution in [3.63, 3.8) is 0 Å². The Hall–Kier alpha value is -2.30. The van der Waals surface area contributed by atoms with Gasteiger partial charge in [-0.25, -0.2) is 17.5 Å². The van der Waals surface area contributed by atoms with E-state index in [2.05, 4.69) is 23.3 Å². The van der Waals surface area contributed by atoms with Gasteiger partial charge in [0.15, 0.2) is 0 Å². The molecule has 1 saturated carbocycles. The van der Waals surface area contributed by atoms with Crippen LogP contribution in [0.4, 0.5) is 4.39 Å². The fourth-order valence-corrected chi connectivity index (χ4v) is 7.05. The van der Waals surface area contributed by atoms with E-state index < -0.39 is 21.4 Å². The number of allylic oxidation sites excluding steroid dienone is 5. The third-order valence-electron chi connectivity index (χ3n) is 7.66. The lowest BCUT2D eigenvalue weighted by molar-refractivity contribution is 0.142. The number of aliphatic hydroxyl groups excluding tert-OH is 1. The van der Waals surface area contributed by atoms with Gasteiger partial charge < -0.3 is 9.94 Å². The molecule has 1 aromatic rings. The number of halogens is 1. The van der Waals surface area contributed by atoms with E-state index in [1.165, 1.54) is 22.9 Å². The van der Waals surface area contributed by atoms with Crippen LogP contribution in [0.2, 0.25) is 0 Å². The number of sulfonamides is 1. The molecule has 1 fully saturated rings. The van der Waals surface area contributed by atoms with Crippen molar-refractivity contribution in [1.29, 1.82) is 0 Å². The van der Waals surface area contributed by atoms with Gasteiger partial charge in [-0.2, -0.15) is 9.40 Å². The smallest absolute Gasteiger partial charge is 0.222 e. The van der Waals surface area contributed by atoms with Gasteiger partial charge in [0.2, 0.25) is 10.0 Å². The summed E-state index contributed by atoms with van der Waals surface area (Å²) in [5.41, 5.74) is 4.33. The SMILES string of the molecule is CCO/N=C(/C)C(C)S(=O)(=O)N(CC(C)O)CC1CCC2=Cc3c(cnn3/C(C)=C/C=C(\C)F)CC21C. The van der Waals surface area contributed by atoms with Gasteiger partial charge in [0, 0.05) is 18.8 Å². The van der Waals surface area contributed by atoms with E-state index in [0.717, 1.165) is 36.2 Å². The van der Waals surface area contributed by atoms with Crippen LogP contribution in [-0.4, -0.2) is 64.4 Å². The molecule has 0 aromatic carbocycles. The van der Waals surface area contributed by atoms with Crippen molar-refractivity contribution in [1.82, 2.24) is 14.1 Å². The Balaban J connectivity index is 1.89. The largest absolute Gasteiger partial charge is 0.396 e. The number of oxime groups is 1. The zero-order valence-corrected chi connectivity index (χ0v) is 23.8. The van der Waals surface area contributed by atoms with E-state index in [-0.39, 0.29) is 23.7 Å². The summed E-state index contributed by atoms with van der Waals surface area (Å²) in [5.74, 6) is -0.191. The molecule has 206 valence electrons. The average Bonchev–Trinajstić information content (AvgIpc) is 3.37. The predicted octanol–water partition coefficient (Wildman–Crippen LogP) is 4.79. The molecule has 37 heavy (non-hydrogen) atoms. The van der Waals surface area contributed by atoms with Crippen LogP contribution in [0.5, 0.6) is 0 Å². The predicted molar refractivity (Wildman–Crippen MR) is 146 cm³/mol. The second kappa shape index (κ2) is 11.6. The fourth-order valence-electron chi connectivity index (χ4n) is 5.32. The molecule has 1 heterocycles. The van der Waals surface area contributed by atoms with Crippen LogP contribution >= 0.6 is 0 Å². The van der Waals surface area contributed by atoms with Gasteiger partial charge >= 0.3 is 0 Å². The van der Waals surface area contributed by atoms with E-state index in [1.807, 2.05) is 17.8 Å². The van der Waals surface area contributed by atoms with Gasteiger partial charge in [-0.1, -0.05) is 17.7 Å². The Bertz CT molecular complexity index is 1210. The van der Waals surface area contributed by atoms with E-state index >= 15 is 0 Å². The normalized spacial score (nSPS) is 24.5. The maximum atomic E-state index is 13.6. The Morgan fingerprint density at radius 1 is 1.38 bits per heavy atom. The minimum absolute atomic E-state index is 0.0227. The van der Waals surface area contributed by atoms with E-state index in [0.29, 0.717) is 18.9 Å². The lowest BCUT2D eigenvalue weighted by Gasteiger charge is -2.39. The highest BCUT2D eigenvalue weighted by atomic mass is 32.2. The highest BCUT2D eigenvalue weighted by Crippen LogP contribution is 2.53. The maximum absolute atomic E-state index is 13.6. The van der Waals surface area contributed by atoms with Crippen LogP contribution in [-0.2, 0) is 21.3 Å². The molecule has 2 aliphatic rings. The minimum Gasteiger partial charge on any atom is -0.396 e. The molecule has 0 bridgehead atoms. The van der Waals surface area contributed by atoms with Crippen LogP contribution in [0.3, 0.4) is 0 Å². The molecule has 1 aromatic heterocycles. The molecule has 4 atom stereocenters. The van der Waals surface area contributed by atoms with Crippen molar-refractivity contribution in [2.24, 2.45) is 16.5 Å². The van der Waals surface area contributed by atoms with Gasteiger partial charge in [0.25, 0.3) is 0 Å². The summed E-state index contributed by atoms with van der Waals surface area (Å²) in [6.07, 6.45) is 8.82. The Morgan fingerprint density at radius 3 is 2.70 bits per heavy atom. The number of rotatable bonds is 11. The molecule has 4 unspecified atom stereocenters. The third-order valence-corrected chi connectivity index (χ3v) is 9.92. The lowest BCUT2D eigenvalue weighted by atomic mass is 9.70. The summed E-state index contributed by atoms with van der Waals surface area (Å²) >= 11 is 0. The molecule has 1 N–H and O–H groups in total. The van der Waals surface area contributed by atoms with Gasteiger partial charge in [-0.15, -0.1) is 0 Å². The number of nitrogens with zero attached hydrogens (tertiary/aromatic N) is 4. The van der Waals surface area contributed by atoms with Gasteiger partial charge in [0.1, 0.15) is 11.9 Å². The molecular weight excluding hydrogens is 495 g/mol. The van der Waals surface area contributed by atoms with Crippen molar-refractivity contribution in [3.8, 4) is 0 Å². The van der Waals surface area contributed by atoms with Crippen LogP contribution in [0.1, 0.15) is 72.6 Å². The van der Waals surface area contributed by atoms with Gasteiger partial charge in [-0.05, 0) is 95.9 Å². The maximum Gasteiger partial charge on any atom is 0.222 e. The molecule has 0 aliphatic heterocycles. The topological polar surface area (TPSA) is 97.0 Å². The molecule has 8 nitrogen and oxygen atoms in total. The molecule has 0 amide bonds. The van der Waals surface area contributed by atoms with Crippen molar-refractivity contribution in [2.75, 3.05) is 19.7 Å². The molecule has 2 aliphatic carbocycles. The summed E-state index contributed by atoms with van der Waals surface area (Å²) < 4.78 is 43.7. The van der Waals surface area contributed by atoms with Crippen LogP contribution in [0.25, 0.3) is 11.8 Å². The molecule has 10 heteroatoms. The molecular formula is C27H41FN4O4S. The summed E-state index contributed by atoms with van der Waals surface area (Å²) in [6, 6.07) is 0. The molecule has 0 spiro atoms. The number of hydrogen-bond acceptors (Lipinski definition) is 6. The number of fused-ring (bicyclic) bond motifs is 2. The standard InChI is InChI=1S/C27H41FN4O4S/c1-8-36-30-21(5)22(6)37(34,35)31(16-20(4)33)17-25-12-11-24-13-26-23(14-27(24,25)7)15-29-32(26)19(3)10-9-18(2)28/h9-10,13,15,20,22,25,33H,8,11-12,14,16-17H2,1-7H3/b18-9+,19-10+,30-21-. The zero-order chi connectivity index (χ0) is 27.5.